The number of nitrogens with one attached hydrogen (secondary N) is 1. The number of phenolic OH excluding ortho intramolecular Hbond substituents is 1. The molecule has 0 saturated heterocycles. The molecule has 0 atom stereocenters. The standard InChI is InChI=1S/C22H22ClN3O2/c23-19-12-15(6-11-20(19)28)18-13-24-22(25-16-7-9-17(27)10-8-16)26-21(18)14-4-2-1-3-5-14/h1-6,11-13,16-17,27-28H,7-10H2,(H,24,25,26). The minimum Gasteiger partial charge on any atom is -0.506 e. The maximum absolute atomic E-state index is 9.73. The Morgan fingerprint density at radius 1 is 0.964 bits per heavy atom. The van der Waals surface area contributed by atoms with E-state index in [0.717, 1.165) is 48.1 Å². The second kappa shape index (κ2) is 8.17. The Morgan fingerprint density at radius 2 is 1.71 bits per heavy atom. The van der Waals surface area contributed by atoms with Gasteiger partial charge in [-0.2, -0.15) is 0 Å². The van der Waals surface area contributed by atoms with E-state index in [1.54, 1.807) is 18.3 Å². The van der Waals surface area contributed by atoms with Gasteiger partial charge in [-0.15, -0.1) is 0 Å². The maximum atomic E-state index is 9.73. The number of aromatic hydroxyl groups is 1. The first-order chi connectivity index (χ1) is 13.6. The summed E-state index contributed by atoms with van der Waals surface area (Å²) >= 11 is 6.11. The van der Waals surface area contributed by atoms with E-state index in [0.29, 0.717) is 11.0 Å². The topological polar surface area (TPSA) is 78.3 Å². The number of benzene rings is 2. The summed E-state index contributed by atoms with van der Waals surface area (Å²) in [5, 5.41) is 23.1. The van der Waals surface area contributed by atoms with Gasteiger partial charge in [-0.3, -0.25) is 0 Å². The maximum Gasteiger partial charge on any atom is 0.223 e. The Bertz CT molecular complexity index is 957. The van der Waals surface area contributed by atoms with Gasteiger partial charge >= 0.3 is 0 Å². The molecule has 1 fully saturated rings. The van der Waals surface area contributed by atoms with E-state index in [1.165, 1.54) is 0 Å². The van der Waals surface area contributed by atoms with E-state index in [9.17, 15) is 10.2 Å². The molecule has 3 aromatic rings. The van der Waals surface area contributed by atoms with Gasteiger partial charge in [0.1, 0.15) is 5.75 Å². The first-order valence-corrected chi connectivity index (χ1v) is 9.84. The summed E-state index contributed by atoms with van der Waals surface area (Å²) in [6, 6.07) is 15.3. The molecule has 1 saturated carbocycles. The average molecular weight is 396 g/mol. The van der Waals surface area contributed by atoms with Gasteiger partial charge in [0, 0.05) is 23.4 Å². The molecule has 0 amide bonds. The van der Waals surface area contributed by atoms with Crippen LogP contribution in [0.3, 0.4) is 0 Å². The Balaban J connectivity index is 1.71. The molecule has 0 unspecified atom stereocenters. The van der Waals surface area contributed by atoms with Gasteiger partial charge in [0.2, 0.25) is 5.95 Å². The third-order valence-corrected chi connectivity index (χ3v) is 5.43. The highest BCUT2D eigenvalue weighted by Crippen LogP contribution is 2.35. The summed E-state index contributed by atoms with van der Waals surface area (Å²) in [5.41, 5.74) is 3.47. The lowest BCUT2D eigenvalue weighted by Gasteiger charge is -2.26. The molecule has 144 valence electrons. The van der Waals surface area contributed by atoms with Gasteiger partial charge in [0.05, 0.1) is 16.8 Å². The number of phenols is 1. The van der Waals surface area contributed by atoms with E-state index in [4.69, 9.17) is 16.6 Å². The zero-order valence-corrected chi connectivity index (χ0v) is 16.1. The SMILES string of the molecule is Oc1ccc(-c2cnc(NC3CCC(O)CC3)nc2-c2ccccc2)cc1Cl. The first kappa shape index (κ1) is 18.7. The van der Waals surface area contributed by atoms with Crippen molar-refractivity contribution in [2.24, 2.45) is 0 Å². The monoisotopic (exact) mass is 395 g/mol. The quantitative estimate of drug-likeness (QED) is 0.586. The average Bonchev–Trinajstić information content (AvgIpc) is 2.72. The van der Waals surface area contributed by atoms with Crippen LogP contribution in [0.5, 0.6) is 5.75 Å². The van der Waals surface area contributed by atoms with Crippen LogP contribution < -0.4 is 5.32 Å². The smallest absolute Gasteiger partial charge is 0.223 e. The lowest BCUT2D eigenvalue weighted by molar-refractivity contribution is 0.126. The van der Waals surface area contributed by atoms with Crippen molar-refractivity contribution in [3.8, 4) is 28.1 Å². The molecular weight excluding hydrogens is 374 g/mol. The van der Waals surface area contributed by atoms with Crippen molar-refractivity contribution in [1.29, 1.82) is 0 Å². The normalized spacial score (nSPS) is 19.4. The number of aliphatic hydroxyl groups is 1. The minimum absolute atomic E-state index is 0.0466. The fraction of sp³-hybridized carbons (Fsp3) is 0.273. The summed E-state index contributed by atoms with van der Waals surface area (Å²) in [6.45, 7) is 0. The Hall–Kier alpha value is -2.63. The molecule has 0 spiro atoms. The van der Waals surface area contributed by atoms with Crippen LogP contribution in [0.1, 0.15) is 25.7 Å². The van der Waals surface area contributed by atoms with Crippen molar-refractivity contribution >= 4 is 17.5 Å². The van der Waals surface area contributed by atoms with Gasteiger partial charge in [0.15, 0.2) is 0 Å². The number of hydrogen-bond acceptors (Lipinski definition) is 5. The number of aromatic nitrogens is 2. The molecule has 6 heteroatoms. The van der Waals surface area contributed by atoms with Crippen LogP contribution in [0.15, 0.2) is 54.7 Å². The van der Waals surface area contributed by atoms with Crippen molar-refractivity contribution < 1.29 is 10.2 Å². The molecule has 1 aliphatic carbocycles. The van der Waals surface area contributed by atoms with Crippen LogP contribution in [-0.4, -0.2) is 32.3 Å². The summed E-state index contributed by atoms with van der Waals surface area (Å²) in [6.07, 6.45) is 5.00. The molecule has 0 radical (unpaired) electrons. The van der Waals surface area contributed by atoms with Crippen LogP contribution in [0.4, 0.5) is 5.95 Å². The van der Waals surface area contributed by atoms with Crippen LogP contribution in [0, 0.1) is 0 Å². The van der Waals surface area contributed by atoms with Gasteiger partial charge in [-0.25, -0.2) is 9.97 Å². The van der Waals surface area contributed by atoms with Gasteiger partial charge in [-0.05, 0) is 43.4 Å². The fourth-order valence-corrected chi connectivity index (χ4v) is 3.74. The highest BCUT2D eigenvalue weighted by atomic mass is 35.5. The van der Waals surface area contributed by atoms with E-state index in [2.05, 4.69) is 10.3 Å². The fourth-order valence-electron chi connectivity index (χ4n) is 3.56. The molecular formula is C22H22ClN3O2. The minimum atomic E-state index is -0.194. The molecule has 28 heavy (non-hydrogen) atoms. The third kappa shape index (κ3) is 4.11. The number of aliphatic hydroxyl groups excluding tert-OH is 1. The second-order valence-corrected chi connectivity index (χ2v) is 7.55. The third-order valence-electron chi connectivity index (χ3n) is 5.12. The predicted octanol–water partition coefficient (Wildman–Crippen LogP) is 4.89. The van der Waals surface area contributed by atoms with Crippen molar-refractivity contribution in [2.45, 2.75) is 37.8 Å². The number of nitrogens with zero attached hydrogens (tertiary/aromatic N) is 2. The molecule has 0 bridgehead atoms. The number of halogens is 1. The highest BCUT2D eigenvalue weighted by Gasteiger charge is 2.20. The first-order valence-electron chi connectivity index (χ1n) is 9.46. The van der Waals surface area contributed by atoms with E-state index < -0.39 is 0 Å². The van der Waals surface area contributed by atoms with Crippen LogP contribution >= 0.6 is 11.6 Å². The largest absolute Gasteiger partial charge is 0.506 e. The summed E-state index contributed by atoms with van der Waals surface area (Å²) in [7, 11) is 0. The van der Waals surface area contributed by atoms with Crippen molar-refractivity contribution in [3.05, 3.63) is 59.8 Å². The zero-order chi connectivity index (χ0) is 19.5. The summed E-state index contributed by atoms with van der Waals surface area (Å²) in [4.78, 5) is 9.31. The molecule has 0 aliphatic heterocycles. The summed E-state index contributed by atoms with van der Waals surface area (Å²) in [5.74, 6) is 0.624. The predicted molar refractivity (Wildman–Crippen MR) is 111 cm³/mol. The molecule has 4 rings (SSSR count). The Kier molecular flexibility index (Phi) is 5.46. The van der Waals surface area contributed by atoms with Crippen molar-refractivity contribution in [1.82, 2.24) is 9.97 Å². The highest BCUT2D eigenvalue weighted by molar-refractivity contribution is 6.32. The lowest BCUT2D eigenvalue weighted by Crippen LogP contribution is -2.29. The van der Waals surface area contributed by atoms with E-state index >= 15 is 0 Å². The molecule has 5 nitrogen and oxygen atoms in total. The number of rotatable bonds is 4. The number of anilines is 1. The van der Waals surface area contributed by atoms with Crippen molar-refractivity contribution in [2.75, 3.05) is 5.32 Å². The zero-order valence-electron chi connectivity index (χ0n) is 15.3. The molecule has 3 N–H and O–H groups in total. The molecule has 2 aromatic carbocycles. The molecule has 1 aliphatic rings. The van der Waals surface area contributed by atoms with Crippen LogP contribution in [0.25, 0.3) is 22.4 Å². The van der Waals surface area contributed by atoms with Gasteiger partial charge in [-0.1, -0.05) is 48.0 Å². The van der Waals surface area contributed by atoms with Gasteiger partial charge < -0.3 is 15.5 Å². The van der Waals surface area contributed by atoms with Crippen LogP contribution in [0.2, 0.25) is 5.02 Å². The van der Waals surface area contributed by atoms with E-state index in [-0.39, 0.29) is 17.9 Å². The Labute approximate surface area is 169 Å². The number of hydrogen-bond donors (Lipinski definition) is 3. The van der Waals surface area contributed by atoms with Crippen LogP contribution in [-0.2, 0) is 0 Å². The van der Waals surface area contributed by atoms with E-state index in [1.807, 2.05) is 36.4 Å². The Morgan fingerprint density at radius 3 is 2.43 bits per heavy atom. The summed E-state index contributed by atoms with van der Waals surface area (Å²) < 4.78 is 0. The molecule has 1 aromatic heterocycles. The van der Waals surface area contributed by atoms with Crippen molar-refractivity contribution in [3.63, 3.8) is 0 Å². The lowest BCUT2D eigenvalue weighted by atomic mass is 9.93. The molecule has 1 heterocycles. The van der Waals surface area contributed by atoms with Gasteiger partial charge in [0.25, 0.3) is 0 Å². The second-order valence-electron chi connectivity index (χ2n) is 7.14.